The number of hydrogen-bond acceptors (Lipinski definition) is 6. The van der Waals surface area contributed by atoms with E-state index >= 15 is 0 Å². The van der Waals surface area contributed by atoms with Crippen molar-refractivity contribution in [3.63, 3.8) is 0 Å². The lowest BCUT2D eigenvalue weighted by atomic mass is 9.99. The molecule has 1 N–H and O–H groups in total. The van der Waals surface area contributed by atoms with E-state index in [1.165, 1.54) is 7.11 Å². The Morgan fingerprint density at radius 2 is 2.03 bits per heavy atom. The van der Waals surface area contributed by atoms with Crippen molar-refractivity contribution in [1.82, 2.24) is 29.7 Å². The Morgan fingerprint density at radius 3 is 2.83 bits per heavy atom. The standard InChI is InChI=1S/C26H27N7O3/c1-31-14-16-12-28-21-6-5-20(19-13-29-25-18(19)4-3-9-27-25)30-23(21)24(16)33(26(31)35)17-7-10-32(11-8-17)22(34)15-36-2/h3-6,9,12-13,17H,7-8,10-11,14-15H2,1-2H3,(H,27,29). The molecule has 1 fully saturated rings. The van der Waals surface area contributed by atoms with Gasteiger partial charge in [-0.2, -0.15) is 0 Å². The summed E-state index contributed by atoms with van der Waals surface area (Å²) < 4.78 is 5.01. The Hall–Kier alpha value is -4.05. The molecular weight excluding hydrogens is 458 g/mol. The second-order valence-corrected chi connectivity index (χ2v) is 9.35. The van der Waals surface area contributed by atoms with Gasteiger partial charge in [-0.05, 0) is 37.1 Å². The van der Waals surface area contributed by atoms with E-state index in [1.807, 2.05) is 53.5 Å². The number of nitrogens with one attached hydrogen (secondary N) is 1. The summed E-state index contributed by atoms with van der Waals surface area (Å²) in [5.41, 5.74) is 5.79. The monoisotopic (exact) mass is 485 g/mol. The van der Waals surface area contributed by atoms with Crippen LogP contribution in [0, 0.1) is 0 Å². The molecule has 10 heteroatoms. The Labute approximate surface area is 207 Å². The van der Waals surface area contributed by atoms with Crippen molar-refractivity contribution in [2.45, 2.75) is 25.4 Å². The number of likely N-dealkylation sites (tertiary alicyclic amines) is 1. The number of carbonyl (C=O) groups excluding carboxylic acids is 2. The molecule has 0 saturated carbocycles. The summed E-state index contributed by atoms with van der Waals surface area (Å²) in [6, 6.07) is 7.74. The molecule has 4 aromatic rings. The van der Waals surface area contributed by atoms with Crippen LogP contribution in [0.15, 0.2) is 42.9 Å². The van der Waals surface area contributed by atoms with Crippen LogP contribution >= 0.6 is 0 Å². The number of aromatic amines is 1. The first kappa shape index (κ1) is 22.4. The summed E-state index contributed by atoms with van der Waals surface area (Å²) in [7, 11) is 3.33. The van der Waals surface area contributed by atoms with Crippen LogP contribution < -0.4 is 4.90 Å². The Kier molecular flexibility index (Phi) is 5.52. The van der Waals surface area contributed by atoms with Gasteiger partial charge in [-0.3, -0.25) is 14.7 Å². The van der Waals surface area contributed by atoms with Crippen LogP contribution in [0.5, 0.6) is 0 Å². The summed E-state index contributed by atoms with van der Waals surface area (Å²) in [6.07, 6.45) is 6.89. The van der Waals surface area contributed by atoms with Gasteiger partial charge in [-0.1, -0.05) is 0 Å². The number of carbonyl (C=O) groups is 2. The first-order valence-electron chi connectivity index (χ1n) is 12.1. The first-order chi connectivity index (χ1) is 17.5. The highest BCUT2D eigenvalue weighted by Gasteiger charge is 2.37. The predicted octanol–water partition coefficient (Wildman–Crippen LogP) is 3.18. The van der Waals surface area contributed by atoms with Gasteiger partial charge in [0, 0.05) is 68.4 Å². The zero-order valence-electron chi connectivity index (χ0n) is 20.3. The summed E-state index contributed by atoms with van der Waals surface area (Å²) >= 11 is 0. The highest BCUT2D eigenvalue weighted by Crippen LogP contribution is 2.38. The molecule has 10 nitrogen and oxygen atoms in total. The van der Waals surface area contributed by atoms with Crippen LogP contribution in [-0.4, -0.2) is 81.6 Å². The van der Waals surface area contributed by atoms with Gasteiger partial charge in [0.25, 0.3) is 0 Å². The van der Waals surface area contributed by atoms with Crippen LogP contribution in [0.4, 0.5) is 10.5 Å². The topological polar surface area (TPSA) is 108 Å². The second-order valence-electron chi connectivity index (χ2n) is 9.35. The van der Waals surface area contributed by atoms with E-state index in [-0.39, 0.29) is 24.6 Å². The average molecular weight is 486 g/mol. The normalized spacial score (nSPS) is 16.7. The number of pyridine rings is 3. The van der Waals surface area contributed by atoms with Crippen molar-refractivity contribution in [2.75, 3.05) is 38.8 Å². The number of piperidine rings is 1. The highest BCUT2D eigenvalue weighted by atomic mass is 16.5. The van der Waals surface area contributed by atoms with Gasteiger partial charge in [0.05, 0.1) is 23.4 Å². The van der Waals surface area contributed by atoms with E-state index in [0.717, 1.165) is 39.1 Å². The number of nitrogens with zero attached hydrogens (tertiary/aromatic N) is 6. The third-order valence-electron chi connectivity index (χ3n) is 7.12. The second kappa shape index (κ2) is 8.87. The Bertz CT molecular complexity index is 1480. The molecule has 1 saturated heterocycles. The average Bonchev–Trinajstić information content (AvgIpc) is 3.34. The van der Waals surface area contributed by atoms with Gasteiger partial charge >= 0.3 is 6.03 Å². The summed E-state index contributed by atoms with van der Waals surface area (Å²) in [5, 5.41) is 0.989. The van der Waals surface area contributed by atoms with Gasteiger partial charge in [0.1, 0.15) is 17.8 Å². The number of urea groups is 1. The molecule has 0 bridgehead atoms. The fourth-order valence-corrected chi connectivity index (χ4v) is 5.32. The molecule has 3 amide bonds. The molecule has 0 atom stereocenters. The lowest BCUT2D eigenvalue weighted by Crippen LogP contribution is -2.54. The number of amides is 3. The van der Waals surface area contributed by atoms with Crippen LogP contribution in [-0.2, 0) is 16.1 Å². The molecule has 0 radical (unpaired) electrons. The Morgan fingerprint density at radius 1 is 1.19 bits per heavy atom. The van der Waals surface area contributed by atoms with E-state index < -0.39 is 0 Å². The minimum absolute atomic E-state index is 0.0207. The number of H-pyrrole nitrogens is 1. The molecule has 36 heavy (non-hydrogen) atoms. The number of aromatic nitrogens is 4. The lowest BCUT2D eigenvalue weighted by Gasteiger charge is -2.43. The van der Waals surface area contributed by atoms with Gasteiger partial charge in [-0.25, -0.2) is 14.8 Å². The molecule has 0 aliphatic carbocycles. The molecule has 2 aliphatic heterocycles. The van der Waals surface area contributed by atoms with Gasteiger partial charge in [0.2, 0.25) is 5.91 Å². The number of anilines is 1. The molecule has 184 valence electrons. The van der Waals surface area contributed by atoms with E-state index in [0.29, 0.717) is 38.0 Å². The SMILES string of the molecule is COCC(=O)N1CCC(N2C(=O)N(C)Cc3cnc4ccc(-c5c[nH]c6ncccc56)nc4c32)CC1. The molecule has 6 rings (SSSR count). The molecule has 2 aliphatic rings. The quantitative estimate of drug-likeness (QED) is 0.476. The van der Waals surface area contributed by atoms with Crippen molar-refractivity contribution in [2.24, 2.45) is 0 Å². The number of rotatable bonds is 4. The number of ether oxygens (including phenoxy) is 1. The first-order valence-corrected chi connectivity index (χ1v) is 12.1. The summed E-state index contributed by atoms with van der Waals surface area (Å²) in [6.45, 7) is 1.71. The van der Waals surface area contributed by atoms with Gasteiger partial charge in [-0.15, -0.1) is 0 Å². The molecular formula is C26H27N7O3. The maximum Gasteiger partial charge on any atom is 0.324 e. The highest BCUT2D eigenvalue weighted by molar-refractivity contribution is 6.04. The van der Waals surface area contributed by atoms with E-state index in [9.17, 15) is 9.59 Å². The maximum atomic E-state index is 13.5. The minimum atomic E-state index is -0.0554. The van der Waals surface area contributed by atoms with Crippen molar-refractivity contribution in [1.29, 1.82) is 0 Å². The van der Waals surface area contributed by atoms with E-state index in [1.54, 1.807) is 11.1 Å². The fourth-order valence-electron chi connectivity index (χ4n) is 5.32. The smallest absolute Gasteiger partial charge is 0.324 e. The number of hydrogen-bond donors (Lipinski definition) is 1. The molecule has 0 spiro atoms. The van der Waals surface area contributed by atoms with E-state index in [2.05, 4.69) is 15.0 Å². The molecule has 0 unspecified atom stereocenters. The van der Waals surface area contributed by atoms with Crippen molar-refractivity contribution < 1.29 is 14.3 Å². The van der Waals surface area contributed by atoms with Crippen molar-refractivity contribution >= 4 is 39.7 Å². The van der Waals surface area contributed by atoms with Crippen LogP contribution in [0.3, 0.4) is 0 Å². The van der Waals surface area contributed by atoms with Crippen molar-refractivity contribution in [3.8, 4) is 11.3 Å². The van der Waals surface area contributed by atoms with Crippen LogP contribution in [0.1, 0.15) is 18.4 Å². The molecule has 4 aromatic heterocycles. The van der Waals surface area contributed by atoms with Gasteiger partial charge < -0.3 is 19.5 Å². The van der Waals surface area contributed by atoms with Crippen LogP contribution in [0.2, 0.25) is 0 Å². The van der Waals surface area contributed by atoms with Crippen LogP contribution in [0.25, 0.3) is 33.3 Å². The van der Waals surface area contributed by atoms with E-state index in [4.69, 9.17) is 9.72 Å². The predicted molar refractivity (Wildman–Crippen MR) is 135 cm³/mol. The number of fused-ring (bicyclic) bond motifs is 4. The third kappa shape index (κ3) is 3.65. The third-order valence-corrected chi connectivity index (χ3v) is 7.12. The summed E-state index contributed by atoms with van der Waals surface area (Å²) in [5.74, 6) is -0.0207. The maximum absolute atomic E-state index is 13.5. The lowest BCUT2D eigenvalue weighted by molar-refractivity contribution is -0.136. The zero-order valence-corrected chi connectivity index (χ0v) is 20.3. The Balaban J connectivity index is 1.42. The van der Waals surface area contributed by atoms with Crippen molar-refractivity contribution in [3.05, 3.63) is 48.4 Å². The number of methoxy groups -OCH3 is 1. The fraction of sp³-hybridized carbons (Fsp3) is 0.346. The molecule has 6 heterocycles. The van der Waals surface area contributed by atoms with Gasteiger partial charge in [0.15, 0.2) is 0 Å². The zero-order chi connectivity index (χ0) is 24.8. The summed E-state index contributed by atoms with van der Waals surface area (Å²) in [4.78, 5) is 48.6. The largest absolute Gasteiger partial charge is 0.375 e. The minimum Gasteiger partial charge on any atom is -0.375 e. The molecule has 0 aromatic carbocycles.